The first kappa shape index (κ1) is 18.8. The van der Waals surface area contributed by atoms with E-state index in [-0.39, 0.29) is 5.41 Å². The van der Waals surface area contributed by atoms with Gasteiger partial charge in [0.2, 0.25) is 0 Å². The van der Waals surface area contributed by atoms with Crippen LogP contribution in [0.4, 0.5) is 11.6 Å². The van der Waals surface area contributed by atoms with Crippen LogP contribution in [0.1, 0.15) is 67.6 Å². The Morgan fingerprint density at radius 2 is 2.14 bits per heavy atom. The van der Waals surface area contributed by atoms with Crippen molar-refractivity contribution in [1.82, 2.24) is 19.9 Å². The molecule has 154 valence electrons. The van der Waals surface area contributed by atoms with E-state index in [1.165, 1.54) is 49.2 Å². The lowest BCUT2D eigenvalue weighted by Crippen LogP contribution is -2.45. The fourth-order valence-electron chi connectivity index (χ4n) is 5.22. The summed E-state index contributed by atoms with van der Waals surface area (Å²) >= 11 is 0. The summed E-state index contributed by atoms with van der Waals surface area (Å²) in [5, 5.41) is 0. The Morgan fingerprint density at radius 3 is 2.90 bits per heavy atom. The third kappa shape index (κ3) is 3.37. The van der Waals surface area contributed by atoms with Gasteiger partial charge < -0.3 is 10.6 Å². The zero-order valence-corrected chi connectivity index (χ0v) is 17.7. The van der Waals surface area contributed by atoms with Crippen LogP contribution < -0.4 is 10.6 Å². The molecule has 2 fully saturated rings. The maximum atomic E-state index is 6.12. The second kappa shape index (κ2) is 7.24. The Morgan fingerprint density at radius 1 is 1.28 bits per heavy atom. The summed E-state index contributed by atoms with van der Waals surface area (Å²) in [4.78, 5) is 19.4. The maximum absolute atomic E-state index is 6.12. The molecule has 1 saturated carbocycles. The SMILES string of the molecule is CCN(C)c1nc(C2CC2)nc2c1CCC21CCCN(Cc2cccnc2N)C1. The van der Waals surface area contributed by atoms with Crippen LogP contribution in [-0.2, 0) is 18.4 Å². The van der Waals surface area contributed by atoms with Gasteiger partial charge in [-0.1, -0.05) is 6.07 Å². The summed E-state index contributed by atoms with van der Waals surface area (Å²) < 4.78 is 0. The molecule has 0 aromatic carbocycles. The molecule has 3 heterocycles. The molecule has 1 aliphatic heterocycles. The van der Waals surface area contributed by atoms with Crippen LogP contribution >= 0.6 is 0 Å². The number of nitrogens with two attached hydrogens (primary N) is 1. The fraction of sp³-hybridized carbons (Fsp3) is 0.609. The number of nitrogen functional groups attached to an aromatic ring is 1. The minimum Gasteiger partial charge on any atom is -0.383 e. The normalized spacial score (nSPS) is 24.1. The second-order valence-electron chi connectivity index (χ2n) is 9.16. The number of hydrogen-bond acceptors (Lipinski definition) is 6. The number of likely N-dealkylation sites (tertiary alicyclic amines) is 1. The summed E-state index contributed by atoms with van der Waals surface area (Å²) in [5.74, 6) is 3.51. The lowest BCUT2D eigenvalue weighted by atomic mass is 9.77. The molecular formula is C23H32N6. The maximum Gasteiger partial charge on any atom is 0.135 e. The van der Waals surface area contributed by atoms with Crippen molar-refractivity contribution < 1.29 is 0 Å². The highest BCUT2D eigenvalue weighted by Crippen LogP contribution is 2.48. The molecule has 2 N–H and O–H groups in total. The number of rotatable bonds is 5. The topological polar surface area (TPSA) is 71.2 Å². The number of pyridine rings is 1. The molecule has 1 saturated heterocycles. The smallest absolute Gasteiger partial charge is 0.135 e. The molecular weight excluding hydrogens is 360 g/mol. The molecule has 6 nitrogen and oxygen atoms in total. The fourth-order valence-corrected chi connectivity index (χ4v) is 5.22. The van der Waals surface area contributed by atoms with Crippen LogP contribution in [0, 0.1) is 0 Å². The van der Waals surface area contributed by atoms with E-state index < -0.39 is 0 Å². The van der Waals surface area contributed by atoms with Gasteiger partial charge in [-0.05, 0) is 58.1 Å². The molecule has 2 aliphatic carbocycles. The number of fused-ring (bicyclic) bond motifs is 2. The number of aromatic nitrogens is 3. The largest absolute Gasteiger partial charge is 0.383 e. The first-order valence-electron chi connectivity index (χ1n) is 11.1. The van der Waals surface area contributed by atoms with Gasteiger partial charge in [-0.3, -0.25) is 4.90 Å². The van der Waals surface area contributed by atoms with E-state index in [0.717, 1.165) is 44.0 Å². The van der Waals surface area contributed by atoms with Crippen molar-refractivity contribution in [2.45, 2.75) is 63.3 Å². The highest BCUT2D eigenvalue weighted by Gasteiger charge is 2.46. The highest BCUT2D eigenvalue weighted by molar-refractivity contribution is 5.54. The van der Waals surface area contributed by atoms with E-state index in [2.05, 4.69) is 34.8 Å². The van der Waals surface area contributed by atoms with Gasteiger partial charge in [-0.15, -0.1) is 0 Å². The average Bonchev–Trinajstić information content (AvgIpc) is 3.53. The molecule has 1 spiro atoms. The molecule has 6 heteroatoms. The van der Waals surface area contributed by atoms with Gasteiger partial charge in [0.1, 0.15) is 17.5 Å². The van der Waals surface area contributed by atoms with Gasteiger partial charge >= 0.3 is 0 Å². The standard InChI is InChI=1S/C23H32N6/c1-3-28(2)22-18-9-11-23(19(18)26-21(27-22)16-7-8-16)10-5-13-29(15-23)14-17-6-4-12-25-20(17)24/h4,6,12,16H,3,5,7-11,13-15H2,1-2H3,(H2,24,25). The zero-order chi connectivity index (χ0) is 20.0. The van der Waals surface area contributed by atoms with E-state index in [9.17, 15) is 0 Å². The van der Waals surface area contributed by atoms with Gasteiger partial charge in [-0.2, -0.15) is 0 Å². The Labute approximate surface area is 173 Å². The van der Waals surface area contributed by atoms with Crippen LogP contribution in [0.25, 0.3) is 0 Å². The predicted molar refractivity (Wildman–Crippen MR) is 116 cm³/mol. The van der Waals surface area contributed by atoms with Crippen molar-refractivity contribution in [3.63, 3.8) is 0 Å². The van der Waals surface area contributed by atoms with Gasteiger partial charge in [0.05, 0.1) is 5.69 Å². The summed E-state index contributed by atoms with van der Waals surface area (Å²) in [6, 6.07) is 4.09. The highest BCUT2D eigenvalue weighted by atomic mass is 15.2. The number of hydrogen-bond donors (Lipinski definition) is 1. The molecule has 3 aliphatic rings. The Hall–Kier alpha value is -2.21. The van der Waals surface area contributed by atoms with E-state index in [1.54, 1.807) is 6.20 Å². The molecule has 0 amide bonds. The Balaban J connectivity index is 1.48. The van der Waals surface area contributed by atoms with Crippen molar-refractivity contribution in [3.05, 3.63) is 41.0 Å². The van der Waals surface area contributed by atoms with Crippen molar-refractivity contribution in [2.75, 3.05) is 37.3 Å². The number of nitrogens with zero attached hydrogens (tertiary/aromatic N) is 5. The molecule has 2 aromatic heterocycles. The van der Waals surface area contributed by atoms with Crippen LogP contribution in [0.2, 0.25) is 0 Å². The summed E-state index contributed by atoms with van der Waals surface area (Å²) in [7, 11) is 2.17. The van der Waals surface area contributed by atoms with Crippen LogP contribution in [0.15, 0.2) is 18.3 Å². The monoisotopic (exact) mass is 392 g/mol. The van der Waals surface area contributed by atoms with Crippen molar-refractivity contribution >= 4 is 11.6 Å². The molecule has 2 aromatic rings. The minimum absolute atomic E-state index is 0.167. The van der Waals surface area contributed by atoms with Gasteiger partial charge in [0.15, 0.2) is 0 Å². The van der Waals surface area contributed by atoms with E-state index in [1.807, 2.05) is 6.07 Å². The van der Waals surface area contributed by atoms with Crippen LogP contribution in [-0.4, -0.2) is 46.5 Å². The second-order valence-corrected chi connectivity index (χ2v) is 9.16. The molecule has 29 heavy (non-hydrogen) atoms. The third-order valence-corrected chi connectivity index (χ3v) is 7.11. The third-order valence-electron chi connectivity index (χ3n) is 7.11. The van der Waals surface area contributed by atoms with Crippen molar-refractivity contribution in [2.24, 2.45) is 0 Å². The summed E-state index contributed by atoms with van der Waals surface area (Å²) in [5.41, 5.74) is 10.2. The predicted octanol–water partition coefficient (Wildman–Crippen LogP) is 3.27. The molecule has 5 rings (SSSR count). The molecule has 1 atom stereocenters. The zero-order valence-electron chi connectivity index (χ0n) is 17.7. The van der Waals surface area contributed by atoms with E-state index >= 15 is 0 Å². The number of piperidine rings is 1. The first-order chi connectivity index (χ1) is 14.1. The van der Waals surface area contributed by atoms with Crippen molar-refractivity contribution in [3.8, 4) is 0 Å². The first-order valence-corrected chi connectivity index (χ1v) is 11.1. The summed E-state index contributed by atoms with van der Waals surface area (Å²) in [6.07, 6.45) is 8.99. The summed E-state index contributed by atoms with van der Waals surface area (Å²) in [6.45, 7) is 6.24. The van der Waals surface area contributed by atoms with E-state index in [0.29, 0.717) is 11.7 Å². The number of anilines is 2. The minimum atomic E-state index is 0.167. The van der Waals surface area contributed by atoms with Gasteiger partial charge in [0, 0.05) is 55.3 Å². The molecule has 1 unspecified atom stereocenters. The Kier molecular flexibility index (Phi) is 4.69. The lowest BCUT2D eigenvalue weighted by molar-refractivity contribution is 0.136. The van der Waals surface area contributed by atoms with Crippen molar-refractivity contribution in [1.29, 1.82) is 0 Å². The quantitative estimate of drug-likeness (QED) is 0.842. The van der Waals surface area contributed by atoms with Crippen LogP contribution in [0.3, 0.4) is 0 Å². The van der Waals surface area contributed by atoms with Gasteiger partial charge in [0.25, 0.3) is 0 Å². The Bertz CT molecular complexity index is 908. The molecule has 0 radical (unpaired) electrons. The molecule has 0 bridgehead atoms. The van der Waals surface area contributed by atoms with E-state index in [4.69, 9.17) is 15.7 Å². The lowest BCUT2D eigenvalue weighted by Gasteiger charge is -2.41. The van der Waals surface area contributed by atoms with Gasteiger partial charge in [-0.25, -0.2) is 15.0 Å². The van der Waals surface area contributed by atoms with Crippen LogP contribution in [0.5, 0.6) is 0 Å². The average molecular weight is 393 g/mol.